The molecule has 0 spiro atoms. The Morgan fingerprint density at radius 2 is 1.81 bits per heavy atom. The summed E-state index contributed by atoms with van der Waals surface area (Å²) in [6.45, 7) is 1.82. The molecule has 1 N–H and O–H groups in total. The van der Waals surface area contributed by atoms with Gasteiger partial charge in [0.2, 0.25) is 10.0 Å². The van der Waals surface area contributed by atoms with E-state index in [-0.39, 0.29) is 10.9 Å². The molecular formula is C15H16INO3S. The number of methoxy groups -OCH3 is 1. The van der Waals surface area contributed by atoms with Gasteiger partial charge in [0.05, 0.1) is 15.6 Å². The third-order valence-electron chi connectivity index (χ3n) is 3.07. The van der Waals surface area contributed by atoms with Crippen LogP contribution in [0.1, 0.15) is 18.5 Å². The van der Waals surface area contributed by atoms with Crippen LogP contribution in [-0.4, -0.2) is 15.5 Å². The Bertz CT molecular complexity index is 717. The van der Waals surface area contributed by atoms with Gasteiger partial charge < -0.3 is 4.74 Å². The first-order valence-corrected chi connectivity index (χ1v) is 8.91. The van der Waals surface area contributed by atoms with Crippen LogP contribution >= 0.6 is 22.6 Å². The van der Waals surface area contributed by atoms with E-state index in [0.717, 1.165) is 9.13 Å². The standard InChI is InChI=1S/C15H16INO3S/c1-11(12-6-4-3-5-7-12)17-21(18,19)13-8-9-15(20-2)14(16)10-13/h3-11,17H,1-2H3/t11-/m0/s1. The minimum atomic E-state index is -3.57. The van der Waals surface area contributed by atoms with Gasteiger partial charge in [-0.25, -0.2) is 13.1 Å². The molecule has 0 amide bonds. The van der Waals surface area contributed by atoms with E-state index in [9.17, 15) is 8.42 Å². The summed E-state index contributed by atoms with van der Waals surface area (Å²) in [5, 5.41) is 0. The lowest BCUT2D eigenvalue weighted by atomic mass is 10.1. The summed E-state index contributed by atoms with van der Waals surface area (Å²) in [6, 6.07) is 14.0. The first kappa shape index (κ1) is 16.3. The molecule has 2 rings (SSSR count). The topological polar surface area (TPSA) is 55.4 Å². The summed E-state index contributed by atoms with van der Waals surface area (Å²) in [7, 11) is -2.01. The van der Waals surface area contributed by atoms with Gasteiger partial charge in [0.25, 0.3) is 0 Å². The Balaban J connectivity index is 2.24. The number of hydrogen-bond donors (Lipinski definition) is 1. The van der Waals surface area contributed by atoms with E-state index >= 15 is 0 Å². The van der Waals surface area contributed by atoms with Gasteiger partial charge in [0, 0.05) is 6.04 Å². The van der Waals surface area contributed by atoms with Gasteiger partial charge in [-0.05, 0) is 53.3 Å². The molecule has 0 aromatic heterocycles. The Kier molecular flexibility index (Phi) is 5.23. The lowest BCUT2D eigenvalue weighted by Gasteiger charge is -2.15. The van der Waals surface area contributed by atoms with Crippen LogP contribution in [0.25, 0.3) is 0 Å². The quantitative estimate of drug-likeness (QED) is 0.760. The molecule has 0 aliphatic rings. The fourth-order valence-corrected chi connectivity index (χ4v) is 4.13. The molecule has 0 saturated carbocycles. The predicted molar refractivity (Wildman–Crippen MR) is 90.9 cm³/mol. The van der Waals surface area contributed by atoms with Crippen molar-refractivity contribution in [3.05, 3.63) is 57.7 Å². The number of ether oxygens (including phenoxy) is 1. The highest BCUT2D eigenvalue weighted by Gasteiger charge is 2.19. The Labute approximate surface area is 138 Å². The number of halogens is 1. The maximum atomic E-state index is 12.4. The van der Waals surface area contributed by atoms with E-state index in [0.29, 0.717) is 5.75 Å². The van der Waals surface area contributed by atoms with Crippen molar-refractivity contribution in [2.45, 2.75) is 17.9 Å². The minimum Gasteiger partial charge on any atom is -0.496 e. The molecule has 0 radical (unpaired) electrons. The van der Waals surface area contributed by atoms with Crippen molar-refractivity contribution in [3.8, 4) is 5.75 Å². The zero-order chi connectivity index (χ0) is 15.5. The van der Waals surface area contributed by atoms with E-state index < -0.39 is 10.0 Å². The molecule has 0 heterocycles. The third-order valence-corrected chi connectivity index (χ3v) is 5.45. The second-order valence-electron chi connectivity index (χ2n) is 4.55. The second kappa shape index (κ2) is 6.76. The number of hydrogen-bond acceptors (Lipinski definition) is 3. The van der Waals surface area contributed by atoms with Gasteiger partial charge in [0.15, 0.2) is 0 Å². The Hall–Kier alpha value is -1.12. The maximum absolute atomic E-state index is 12.4. The number of benzene rings is 2. The monoisotopic (exact) mass is 417 g/mol. The summed E-state index contributed by atoms with van der Waals surface area (Å²) in [4.78, 5) is 0.232. The van der Waals surface area contributed by atoms with Crippen LogP contribution in [0.2, 0.25) is 0 Å². The van der Waals surface area contributed by atoms with Crippen molar-refractivity contribution in [3.63, 3.8) is 0 Å². The molecule has 1 atom stereocenters. The third kappa shape index (κ3) is 3.96. The van der Waals surface area contributed by atoms with Crippen molar-refractivity contribution in [1.29, 1.82) is 0 Å². The molecule has 0 aliphatic heterocycles. The summed E-state index contributed by atoms with van der Waals surface area (Å²) >= 11 is 2.05. The van der Waals surface area contributed by atoms with Crippen LogP contribution in [0, 0.1) is 3.57 Å². The van der Waals surface area contributed by atoms with Crippen molar-refractivity contribution in [1.82, 2.24) is 4.72 Å². The molecule has 4 nitrogen and oxygen atoms in total. The highest BCUT2D eigenvalue weighted by Crippen LogP contribution is 2.25. The smallest absolute Gasteiger partial charge is 0.241 e. The molecular weight excluding hydrogens is 401 g/mol. The molecule has 0 saturated heterocycles. The van der Waals surface area contributed by atoms with Crippen LogP contribution in [0.5, 0.6) is 5.75 Å². The average Bonchev–Trinajstić information content (AvgIpc) is 2.47. The van der Waals surface area contributed by atoms with E-state index in [4.69, 9.17) is 4.74 Å². The highest BCUT2D eigenvalue weighted by molar-refractivity contribution is 14.1. The summed E-state index contributed by atoms with van der Waals surface area (Å²) in [6.07, 6.45) is 0. The first-order valence-electron chi connectivity index (χ1n) is 6.35. The normalized spacial score (nSPS) is 12.9. The van der Waals surface area contributed by atoms with Gasteiger partial charge in [-0.3, -0.25) is 0 Å². The van der Waals surface area contributed by atoms with E-state index in [1.807, 2.05) is 37.3 Å². The average molecular weight is 417 g/mol. The Morgan fingerprint density at radius 3 is 2.38 bits per heavy atom. The molecule has 0 unspecified atom stereocenters. The zero-order valence-electron chi connectivity index (χ0n) is 11.7. The molecule has 21 heavy (non-hydrogen) atoms. The number of nitrogens with one attached hydrogen (secondary N) is 1. The summed E-state index contributed by atoms with van der Waals surface area (Å²) < 4.78 is 33.4. The fraction of sp³-hybridized carbons (Fsp3) is 0.200. The largest absolute Gasteiger partial charge is 0.496 e. The van der Waals surface area contributed by atoms with Crippen molar-refractivity contribution in [2.24, 2.45) is 0 Å². The lowest BCUT2D eigenvalue weighted by molar-refractivity contribution is 0.411. The Morgan fingerprint density at radius 1 is 1.14 bits per heavy atom. The van der Waals surface area contributed by atoms with Gasteiger partial charge >= 0.3 is 0 Å². The SMILES string of the molecule is COc1ccc(S(=O)(=O)N[C@@H](C)c2ccccc2)cc1I. The maximum Gasteiger partial charge on any atom is 0.241 e. The molecule has 0 fully saturated rings. The van der Waals surface area contributed by atoms with Gasteiger partial charge in [0.1, 0.15) is 5.75 Å². The second-order valence-corrected chi connectivity index (χ2v) is 7.43. The summed E-state index contributed by atoms with van der Waals surface area (Å²) in [5.41, 5.74) is 0.921. The number of sulfonamides is 1. The molecule has 112 valence electrons. The van der Waals surface area contributed by atoms with Crippen LogP contribution in [-0.2, 0) is 10.0 Å². The van der Waals surface area contributed by atoms with E-state index in [2.05, 4.69) is 27.3 Å². The predicted octanol–water partition coefficient (Wildman–Crippen LogP) is 3.34. The first-order chi connectivity index (χ1) is 9.94. The van der Waals surface area contributed by atoms with Crippen LogP contribution < -0.4 is 9.46 Å². The van der Waals surface area contributed by atoms with Gasteiger partial charge in [-0.1, -0.05) is 30.3 Å². The van der Waals surface area contributed by atoms with Crippen LogP contribution in [0.3, 0.4) is 0 Å². The zero-order valence-corrected chi connectivity index (χ0v) is 14.7. The van der Waals surface area contributed by atoms with E-state index in [1.165, 1.54) is 0 Å². The molecule has 2 aromatic rings. The van der Waals surface area contributed by atoms with Crippen LogP contribution in [0.15, 0.2) is 53.4 Å². The number of rotatable bonds is 5. The van der Waals surface area contributed by atoms with Crippen molar-refractivity contribution in [2.75, 3.05) is 7.11 Å². The molecule has 0 aliphatic carbocycles. The van der Waals surface area contributed by atoms with E-state index in [1.54, 1.807) is 25.3 Å². The minimum absolute atomic E-state index is 0.232. The van der Waals surface area contributed by atoms with Gasteiger partial charge in [-0.2, -0.15) is 0 Å². The molecule has 0 bridgehead atoms. The molecule has 2 aromatic carbocycles. The van der Waals surface area contributed by atoms with Crippen molar-refractivity contribution >= 4 is 32.6 Å². The molecule has 6 heteroatoms. The van der Waals surface area contributed by atoms with Crippen molar-refractivity contribution < 1.29 is 13.2 Å². The van der Waals surface area contributed by atoms with Gasteiger partial charge in [-0.15, -0.1) is 0 Å². The highest BCUT2D eigenvalue weighted by atomic mass is 127. The fourth-order valence-electron chi connectivity index (χ4n) is 1.92. The lowest BCUT2D eigenvalue weighted by Crippen LogP contribution is -2.26. The summed E-state index contributed by atoms with van der Waals surface area (Å²) in [5.74, 6) is 0.658. The van der Waals surface area contributed by atoms with Crippen LogP contribution in [0.4, 0.5) is 0 Å².